The first-order chi connectivity index (χ1) is 6.79. The van der Waals surface area contributed by atoms with Gasteiger partial charge in [0.05, 0.1) is 6.61 Å². The summed E-state index contributed by atoms with van der Waals surface area (Å²) in [5.41, 5.74) is 0. The van der Waals surface area contributed by atoms with E-state index in [1.165, 1.54) is 0 Å². The van der Waals surface area contributed by atoms with Crippen LogP contribution < -0.4 is 0 Å². The summed E-state index contributed by atoms with van der Waals surface area (Å²) in [4.78, 5) is 0. The lowest BCUT2D eigenvalue weighted by Gasteiger charge is -2.38. The van der Waals surface area contributed by atoms with E-state index >= 15 is 0 Å². The van der Waals surface area contributed by atoms with Crippen LogP contribution in [0.15, 0.2) is 0 Å². The Balaban J connectivity index is 1.72. The van der Waals surface area contributed by atoms with Gasteiger partial charge in [0.15, 0.2) is 12.6 Å². The molecule has 0 amide bonds. The summed E-state index contributed by atoms with van der Waals surface area (Å²) in [6.45, 7) is 2.44. The lowest BCUT2D eigenvalue weighted by molar-refractivity contribution is -0.295. The maximum Gasteiger partial charge on any atom is 0.186 e. The fourth-order valence-corrected chi connectivity index (χ4v) is 2.14. The topological polar surface area (TPSA) is 49.5 Å². The molecule has 3 saturated heterocycles. The van der Waals surface area contributed by atoms with E-state index in [1.54, 1.807) is 7.11 Å². The third-order valence-corrected chi connectivity index (χ3v) is 2.91. The highest BCUT2D eigenvalue weighted by Crippen LogP contribution is 2.41. The van der Waals surface area contributed by atoms with Crippen LogP contribution in [0.5, 0.6) is 0 Å². The Morgan fingerprint density at radius 1 is 1.07 bits per heavy atom. The Hall–Kier alpha value is -0.200. The number of ether oxygens (including phenoxy) is 5. The monoisotopic (exact) mass is 202 g/mol. The second kappa shape index (κ2) is 3.15. The molecular formula is C9H14O5. The Kier molecular flexibility index (Phi) is 2.04. The van der Waals surface area contributed by atoms with Gasteiger partial charge in [-0.25, -0.2) is 0 Å². The van der Waals surface area contributed by atoms with E-state index in [9.17, 15) is 0 Å². The molecule has 0 aromatic rings. The second-order valence-electron chi connectivity index (χ2n) is 3.85. The first kappa shape index (κ1) is 9.06. The van der Waals surface area contributed by atoms with Crippen LogP contribution in [0.4, 0.5) is 0 Å². The van der Waals surface area contributed by atoms with Gasteiger partial charge in [-0.2, -0.15) is 0 Å². The maximum absolute atomic E-state index is 5.64. The van der Waals surface area contributed by atoms with Crippen LogP contribution in [0.1, 0.15) is 6.92 Å². The number of hydrogen-bond acceptors (Lipinski definition) is 5. The van der Waals surface area contributed by atoms with Crippen molar-refractivity contribution in [3.05, 3.63) is 0 Å². The predicted molar refractivity (Wildman–Crippen MR) is 44.6 cm³/mol. The molecule has 3 fully saturated rings. The van der Waals surface area contributed by atoms with Crippen molar-refractivity contribution >= 4 is 0 Å². The van der Waals surface area contributed by atoms with Crippen molar-refractivity contribution in [3.63, 3.8) is 0 Å². The Morgan fingerprint density at radius 2 is 1.93 bits per heavy atom. The van der Waals surface area contributed by atoms with Gasteiger partial charge in [0.1, 0.15) is 24.4 Å². The van der Waals surface area contributed by atoms with Gasteiger partial charge in [0.25, 0.3) is 0 Å². The van der Waals surface area contributed by atoms with Gasteiger partial charge < -0.3 is 23.7 Å². The third-order valence-electron chi connectivity index (χ3n) is 2.91. The molecule has 3 aliphatic rings. The number of fused-ring (bicyclic) bond motifs is 3. The molecule has 3 heterocycles. The molecule has 0 N–H and O–H groups in total. The average molecular weight is 202 g/mol. The summed E-state index contributed by atoms with van der Waals surface area (Å²) in [7, 11) is 1.62. The lowest BCUT2D eigenvalue weighted by Crippen LogP contribution is -2.53. The number of hydrogen-bond donors (Lipinski definition) is 0. The minimum atomic E-state index is -0.262. The molecule has 0 aromatic carbocycles. The van der Waals surface area contributed by atoms with Crippen LogP contribution >= 0.6 is 0 Å². The molecule has 0 bridgehead atoms. The fourth-order valence-electron chi connectivity index (χ4n) is 2.14. The standard InChI is InChI=1S/C9H14O5/c1-4-11-3-5-6(12-4)7-8(14-7)9(10-2)13-5/h4-9H,3H2,1-2H3/t4?,5-,6-,7+,8+,9+/m1/s1. The summed E-state index contributed by atoms with van der Waals surface area (Å²) in [5, 5.41) is 0. The molecule has 0 aliphatic carbocycles. The minimum absolute atomic E-state index is 0.00940. The summed E-state index contributed by atoms with van der Waals surface area (Å²) >= 11 is 0. The summed E-state index contributed by atoms with van der Waals surface area (Å²) in [6, 6.07) is 0. The molecule has 5 heteroatoms. The number of methoxy groups -OCH3 is 1. The molecule has 14 heavy (non-hydrogen) atoms. The molecule has 3 rings (SSSR count). The predicted octanol–water partition coefficient (Wildman–Crippen LogP) is -0.114. The minimum Gasteiger partial charge on any atom is -0.361 e. The second-order valence-corrected chi connectivity index (χ2v) is 3.85. The van der Waals surface area contributed by atoms with E-state index in [1.807, 2.05) is 6.92 Å². The van der Waals surface area contributed by atoms with Gasteiger partial charge in [0, 0.05) is 7.11 Å². The van der Waals surface area contributed by atoms with Gasteiger partial charge in [-0.15, -0.1) is 0 Å². The summed E-state index contributed by atoms with van der Waals surface area (Å²) in [6.07, 6.45) is -0.294. The molecule has 80 valence electrons. The Labute approximate surface area is 82.2 Å². The van der Waals surface area contributed by atoms with E-state index in [4.69, 9.17) is 23.7 Å². The van der Waals surface area contributed by atoms with E-state index in [0.717, 1.165) is 0 Å². The van der Waals surface area contributed by atoms with Crippen LogP contribution in [-0.2, 0) is 23.7 Å². The zero-order valence-electron chi connectivity index (χ0n) is 8.21. The molecule has 0 spiro atoms. The van der Waals surface area contributed by atoms with E-state index < -0.39 is 0 Å². The first-order valence-corrected chi connectivity index (χ1v) is 4.90. The van der Waals surface area contributed by atoms with Gasteiger partial charge in [-0.05, 0) is 6.92 Å². The van der Waals surface area contributed by atoms with Crippen LogP contribution in [0.3, 0.4) is 0 Å². The lowest BCUT2D eigenvalue weighted by atomic mass is 10.0. The van der Waals surface area contributed by atoms with Gasteiger partial charge in [-0.3, -0.25) is 0 Å². The highest BCUT2D eigenvalue weighted by molar-refractivity contribution is 5.02. The highest BCUT2D eigenvalue weighted by atomic mass is 16.8. The van der Waals surface area contributed by atoms with Gasteiger partial charge >= 0.3 is 0 Å². The molecule has 0 radical (unpaired) electrons. The highest BCUT2D eigenvalue weighted by Gasteiger charge is 2.60. The summed E-state index contributed by atoms with van der Waals surface area (Å²) < 4.78 is 27.2. The average Bonchev–Trinajstić information content (AvgIpc) is 2.96. The Bertz CT molecular complexity index is 233. The normalized spacial score (nSPS) is 56.1. The van der Waals surface area contributed by atoms with Crippen LogP contribution in [0.25, 0.3) is 0 Å². The molecule has 6 atom stereocenters. The van der Waals surface area contributed by atoms with Gasteiger partial charge in [0.2, 0.25) is 0 Å². The van der Waals surface area contributed by atoms with Crippen molar-refractivity contribution in [1.82, 2.24) is 0 Å². The van der Waals surface area contributed by atoms with E-state index in [0.29, 0.717) is 6.61 Å². The van der Waals surface area contributed by atoms with Crippen molar-refractivity contribution in [3.8, 4) is 0 Å². The van der Waals surface area contributed by atoms with Crippen LogP contribution in [-0.4, -0.2) is 50.7 Å². The first-order valence-electron chi connectivity index (χ1n) is 4.90. The molecule has 0 saturated carbocycles. The third kappa shape index (κ3) is 1.28. The molecular weight excluding hydrogens is 188 g/mol. The van der Waals surface area contributed by atoms with Crippen LogP contribution in [0, 0.1) is 0 Å². The number of epoxide rings is 1. The van der Waals surface area contributed by atoms with E-state index in [2.05, 4.69) is 0 Å². The van der Waals surface area contributed by atoms with Crippen molar-refractivity contribution < 1.29 is 23.7 Å². The Morgan fingerprint density at radius 3 is 2.71 bits per heavy atom. The van der Waals surface area contributed by atoms with Crippen molar-refractivity contribution in [2.75, 3.05) is 13.7 Å². The zero-order valence-corrected chi connectivity index (χ0v) is 8.21. The van der Waals surface area contributed by atoms with Crippen molar-refractivity contribution in [1.29, 1.82) is 0 Å². The smallest absolute Gasteiger partial charge is 0.186 e. The van der Waals surface area contributed by atoms with Crippen molar-refractivity contribution in [2.45, 2.75) is 43.9 Å². The van der Waals surface area contributed by atoms with Crippen molar-refractivity contribution in [2.24, 2.45) is 0 Å². The SMILES string of the molecule is CO[C@H]1O[C@@H]2COC(C)O[C@H]2[C@@H]2O[C@H]12. The zero-order chi connectivity index (χ0) is 9.71. The molecule has 3 aliphatic heterocycles. The molecule has 0 aromatic heterocycles. The fraction of sp³-hybridized carbons (Fsp3) is 1.00. The quantitative estimate of drug-likeness (QED) is 0.555. The molecule has 5 nitrogen and oxygen atoms in total. The number of rotatable bonds is 1. The largest absolute Gasteiger partial charge is 0.361 e. The van der Waals surface area contributed by atoms with Gasteiger partial charge in [-0.1, -0.05) is 0 Å². The van der Waals surface area contributed by atoms with E-state index in [-0.39, 0.29) is 37.0 Å². The summed E-state index contributed by atoms with van der Waals surface area (Å²) in [5.74, 6) is 0. The maximum atomic E-state index is 5.64. The molecule has 1 unspecified atom stereocenters. The van der Waals surface area contributed by atoms with Crippen LogP contribution in [0.2, 0.25) is 0 Å².